The van der Waals surface area contributed by atoms with Gasteiger partial charge in [0.25, 0.3) is 0 Å². The lowest BCUT2D eigenvalue weighted by Gasteiger charge is -2.16. The first kappa shape index (κ1) is 11.7. The van der Waals surface area contributed by atoms with Crippen molar-refractivity contribution in [2.75, 3.05) is 20.7 Å². The number of ether oxygens (including phenoxy) is 1. The highest BCUT2D eigenvalue weighted by Gasteiger charge is 2.12. The van der Waals surface area contributed by atoms with E-state index in [2.05, 4.69) is 17.5 Å². The Balaban J connectivity index is 0.000000337. The smallest absolute Gasteiger partial charge is 0.0995 e. The molecule has 15 heavy (non-hydrogen) atoms. The van der Waals surface area contributed by atoms with Gasteiger partial charge in [-0.3, -0.25) is 0 Å². The summed E-state index contributed by atoms with van der Waals surface area (Å²) in [5.41, 5.74) is 3.10. The van der Waals surface area contributed by atoms with Gasteiger partial charge in [0.15, 0.2) is 0 Å². The predicted molar refractivity (Wildman–Crippen MR) is 59.5 cm³/mol. The number of fused-ring (bicyclic) bond motifs is 1. The summed E-state index contributed by atoms with van der Waals surface area (Å²) in [5.74, 6) is 0. The van der Waals surface area contributed by atoms with E-state index in [1.807, 2.05) is 26.2 Å². The van der Waals surface area contributed by atoms with Gasteiger partial charge in [0, 0.05) is 0 Å². The number of nitriles is 1. The summed E-state index contributed by atoms with van der Waals surface area (Å²) in [6.07, 6.45) is 0.935. The van der Waals surface area contributed by atoms with Gasteiger partial charge < -0.3 is 10.1 Å². The van der Waals surface area contributed by atoms with Crippen LogP contribution in [0.25, 0.3) is 0 Å². The molecule has 0 atom stereocenters. The molecule has 1 N–H and O–H groups in total. The molecule has 0 unspecified atom stereocenters. The molecule has 0 bridgehead atoms. The summed E-state index contributed by atoms with van der Waals surface area (Å²) in [4.78, 5) is 0. The zero-order chi connectivity index (χ0) is 11.1. The summed E-state index contributed by atoms with van der Waals surface area (Å²) in [6.45, 7) is 1.38. The Morgan fingerprint density at radius 1 is 1.40 bits per heavy atom. The molecule has 2 rings (SSSR count). The normalized spacial score (nSPS) is 13.1. The second-order valence-electron chi connectivity index (χ2n) is 3.36. The van der Waals surface area contributed by atoms with Gasteiger partial charge in [-0.05, 0) is 37.7 Å². The van der Waals surface area contributed by atoms with E-state index in [0.717, 1.165) is 24.2 Å². The molecular weight excluding hydrogens is 188 g/mol. The lowest BCUT2D eigenvalue weighted by Crippen LogP contribution is -2.10. The van der Waals surface area contributed by atoms with E-state index in [-0.39, 0.29) is 0 Å². The molecule has 0 saturated heterocycles. The highest BCUT2D eigenvalue weighted by atomic mass is 16.5. The van der Waals surface area contributed by atoms with Crippen molar-refractivity contribution in [3.63, 3.8) is 0 Å². The highest BCUT2D eigenvalue weighted by molar-refractivity contribution is 5.43. The maximum Gasteiger partial charge on any atom is 0.0995 e. The first-order valence-corrected chi connectivity index (χ1v) is 5.00. The molecule has 0 aliphatic carbocycles. The monoisotopic (exact) mass is 204 g/mol. The standard InChI is InChI=1S/C10H9NO.C2H7N/c11-6-9-3-1-2-8-4-5-12-7-10(8)9;1-3-2/h1-3H,4-5,7H2;3H,1-2H3. The molecule has 0 aromatic heterocycles. The minimum absolute atomic E-state index is 0.596. The topological polar surface area (TPSA) is 45.0 Å². The Morgan fingerprint density at radius 3 is 2.80 bits per heavy atom. The van der Waals surface area contributed by atoms with Crippen LogP contribution in [0, 0.1) is 11.3 Å². The molecule has 0 spiro atoms. The lowest BCUT2D eigenvalue weighted by molar-refractivity contribution is 0.110. The number of hydrogen-bond acceptors (Lipinski definition) is 3. The van der Waals surface area contributed by atoms with Gasteiger partial charge >= 0.3 is 0 Å². The SMILES string of the molecule is CNC.N#Cc1cccc2c1COCC2. The maximum absolute atomic E-state index is 8.79. The molecule has 0 saturated carbocycles. The van der Waals surface area contributed by atoms with Gasteiger partial charge in [-0.1, -0.05) is 12.1 Å². The first-order chi connectivity index (χ1) is 7.33. The lowest BCUT2D eigenvalue weighted by atomic mass is 9.99. The van der Waals surface area contributed by atoms with Crippen LogP contribution in [0.5, 0.6) is 0 Å². The van der Waals surface area contributed by atoms with Crippen molar-refractivity contribution in [3.8, 4) is 6.07 Å². The van der Waals surface area contributed by atoms with Crippen LogP contribution in [0.3, 0.4) is 0 Å². The zero-order valence-electron chi connectivity index (χ0n) is 9.21. The van der Waals surface area contributed by atoms with E-state index in [0.29, 0.717) is 6.61 Å². The predicted octanol–water partition coefficient (Wildman–Crippen LogP) is 1.47. The van der Waals surface area contributed by atoms with Crippen molar-refractivity contribution in [2.24, 2.45) is 0 Å². The third-order valence-corrected chi connectivity index (χ3v) is 2.16. The van der Waals surface area contributed by atoms with Crippen LogP contribution >= 0.6 is 0 Å². The third-order valence-electron chi connectivity index (χ3n) is 2.16. The fourth-order valence-electron chi connectivity index (χ4n) is 1.50. The second kappa shape index (κ2) is 6.18. The molecule has 1 aliphatic rings. The van der Waals surface area contributed by atoms with Crippen molar-refractivity contribution in [1.82, 2.24) is 5.32 Å². The van der Waals surface area contributed by atoms with Crippen LogP contribution in [0.15, 0.2) is 18.2 Å². The number of benzene rings is 1. The summed E-state index contributed by atoms with van der Waals surface area (Å²) < 4.78 is 5.29. The van der Waals surface area contributed by atoms with Crippen LogP contribution in [-0.2, 0) is 17.8 Å². The maximum atomic E-state index is 8.79. The van der Waals surface area contributed by atoms with Gasteiger partial charge in [0.1, 0.15) is 0 Å². The number of nitrogens with zero attached hydrogens (tertiary/aromatic N) is 1. The molecule has 3 heteroatoms. The Hall–Kier alpha value is -1.37. The average molecular weight is 204 g/mol. The van der Waals surface area contributed by atoms with Gasteiger partial charge in [-0.15, -0.1) is 0 Å². The quantitative estimate of drug-likeness (QED) is 0.696. The van der Waals surface area contributed by atoms with Crippen molar-refractivity contribution >= 4 is 0 Å². The van der Waals surface area contributed by atoms with Crippen LogP contribution < -0.4 is 5.32 Å². The molecule has 3 nitrogen and oxygen atoms in total. The van der Waals surface area contributed by atoms with Gasteiger partial charge in [0.2, 0.25) is 0 Å². The van der Waals surface area contributed by atoms with E-state index in [1.165, 1.54) is 5.56 Å². The van der Waals surface area contributed by atoms with E-state index >= 15 is 0 Å². The minimum Gasteiger partial charge on any atom is -0.376 e. The van der Waals surface area contributed by atoms with Crippen LogP contribution in [-0.4, -0.2) is 20.7 Å². The van der Waals surface area contributed by atoms with E-state index in [1.54, 1.807) is 0 Å². The summed E-state index contributed by atoms with van der Waals surface area (Å²) >= 11 is 0. The molecule has 1 aliphatic heterocycles. The fourth-order valence-corrected chi connectivity index (χ4v) is 1.50. The van der Waals surface area contributed by atoms with Gasteiger partial charge in [-0.25, -0.2) is 0 Å². The molecular formula is C12H16N2O. The second-order valence-corrected chi connectivity index (χ2v) is 3.36. The molecule has 0 amide bonds. The summed E-state index contributed by atoms with van der Waals surface area (Å²) in [5, 5.41) is 11.5. The number of rotatable bonds is 0. The van der Waals surface area contributed by atoms with Crippen molar-refractivity contribution in [3.05, 3.63) is 34.9 Å². The minimum atomic E-state index is 0.596. The summed E-state index contributed by atoms with van der Waals surface area (Å²) in [7, 11) is 3.75. The van der Waals surface area contributed by atoms with Crippen LogP contribution in [0.1, 0.15) is 16.7 Å². The molecule has 1 aromatic carbocycles. The number of hydrogen-bond donors (Lipinski definition) is 1. The van der Waals surface area contributed by atoms with Gasteiger partial charge in [0.05, 0.1) is 24.8 Å². The van der Waals surface area contributed by atoms with E-state index < -0.39 is 0 Å². The Bertz CT molecular complexity index is 355. The molecule has 0 radical (unpaired) electrons. The third kappa shape index (κ3) is 3.05. The van der Waals surface area contributed by atoms with Crippen molar-refractivity contribution in [2.45, 2.75) is 13.0 Å². The van der Waals surface area contributed by atoms with Crippen LogP contribution in [0.4, 0.5) is 0 Å². The summed E-state index contributed by atoms with van der Waals surface area (Å²) in [6, 6.07) is 8.02. The van der Waals surface area contributed by atoms with Crippen molar-refractivity contribution in [1.29, 1.82) is 5.26 Å². The zero-order valence-corrected chi connectivity index (χ0v) is 9.21. The molecule has 80 valence electrons. The van der Waals surface area contributed by atoms with Gasteiger partial charge in [-0.2, -0.15) is 5.26 Å². The average Bonchev–Trinajstić information content (AvgIpc) is 2.29. The highest BCUT2D eigenvalue weighted by Crippen LogP contribution is 2.19. The molecule has 1 aromatic rings. The van der Waals surface area contributed by atoms with Crippen molar-refractivity contribution < 1.29 is 4.74 Å². The fraction of sp³-hybridized carbons (Fsp3) is 0.417. The molecule has 0 fully saturated rings. The van der Waals surface area contributed by atoms with Crippen LogP contribution in [0.2, 0.25) is 0 Å². The Kier molecular flexibility index (Phi) is 4.82. The van der Waals surface area contributed by atoms with E-state index in [4.69, 9.17) is 10.00 Å². The first-order valence-electron chi connectivity index (χ1n) is 5.00. The Morgan fingerprint density at radius 2 is 2.13 bits per heavy atom. The van der Waals surface area contributed by atoms with E-state index in [9.17, 15) is 0 Å². The Labute approximate surface area is 90.7 Å². The molecule has 1 heterocycles. The number of nitrogens with one attached hydrogen (secondary N) is 1. The largest absolute Gasteiger partial charge is 0.376 e.